The maximum Gasteiger partial charge on any atom is 0.377 e. The summed E-state index contributed by atoms with van der Waals surface area (Å²) < 4.78 is 4.29. The number of unbranched alkanes of at least 4 members (excludes halogenated alkanes) is 10. The Morgan fingerprint density at radius 1 is 0.857 bits per heavy atom. The zero-order valence-electron chi connectivity index (χ0n) is 13.7. The number of carbonyl (C=O) groups excluding carboxylic acids is 2. The van der Waals surface area contributed by atoms with Gasteiger partial charge in [-0.1, -0.05) is 77.6 Å². The first kappa shape index (κ1) is 20.1. The number of rotatable bonds is 14. The monoisotopic (exact) mass is 300 g/mol. The van der Waals surface area contributed by atoms with E-state index in [0.29, 0.717) is 6.42 Å². The van der Waals surface area contributed by atoms with Crippen LogP contribution < -0.4 is 0 Å². The SMILES string of the molecule is CCCCCCCCCCCCCC(O)C(=O)C(=O)OC. The van der Waals surface area contributed by atoms with Gasteiger partial charge in [0.1, 0.15) is 6.10 Å². The minimum Gasteiger partial charge on any atom is -0.463 e. The molecule has 0 aliphatic rings. The Morgan fingerprint density at radius 3 is 1.71 bits per heavy atom. The molecular formula is C17H32O4. The molecule has 124 valence electrons. The summed E-state index contributed by atoms with van der Waals surface area (Å²) in [6.07, 6.45) is 12.6. The molecule has 0 amide bonds. The number of hydrogen-bond acceptors (Lipinski definition) is 4. The Balaban J connectivity index is 3.32. The number of aliphatic hydroxyl groups is 1. The molecule has 0 aliphatic carbocycles. The fourth-order valence-electron chi connectivity index (χ4n) is 2.37. The van der Waals surface area contributed by atoms with Gasteiger partial charge in [0.25, 0.3) is 5.78 Å². The summed E-state index contributed by atoms with van der Waals surface area (Å²) in [6, 6.07) is 0. The van der Waals surface area contributed by atoms with Crippen molar-refractivity contribution >= 4 is 11.8 Å². The number of ketones is 1. The van der Waals surface area contributed by atoms with E-state index in [2.05, 4.69) is 11.7 Å². The standard InChI is InChI=1S/C17H32O4/c1-3-4-5-6-7-8-9-10-11-12-13-14-15(18)16(19)17(20)21-2/h15,18H,3-14H2,1-2H3. The first-order valence-corrected chi connectivity index (χ1v) is 8.43. The third-order valence-electron chi connectivity index (χ3n) is 3.77. The van der Waals surface area contributed by atoms with E-state index in [9.17, 15) is 14.7 Å². The lowest BCUT2D eigenvalue weighted by molar-refractivity contribution is -0.155. The van der Waals surface area contributed by atoms with Crippen LogP contribution in [0.15, 0.2) is 0 Å². The van der Waals surface area contributed by atoms with Gasteiger partial charge in [-0.25, -0.2) is 4.79 Å². The second-order valence-corrected chi connectivity index (χ2v) is 5.70. The van der Waals surface area contributed by atoms with Crippen LogP contribution in [0.1, 0.15) is 84.0 Å². The molecule has 0 spiro atoms. The summed E-state index contributed by atoms with van der Waals surface area (Å²) in [5, 5.41) is 9.51. The molecule has 0 aliphatic heterocycles. The summed E-state index contributed by atoms with van der Waals surface area (Å²) in [6.45, 7) is 2.23. The molecule has 0 rings (SSSR count). The number of aliphatic hydroxyl groups excluding tert-OH is 1. The van der Waals surface area contributed by atoms with Gasteiger partial charge in [-0.05, 0) is 6.42 Å². The normalized spacial score (nSPS) is 12.1. The lowest BCUT2D eigenvalue weighted by Gasteiger charge is -2.07. The van der Waals surface area contributed by atoms with E-state index in [1.807, 2.05) is 0 Å². The molecule has 0 fully saturated rings. The van der Waals surface area contributed by atoms with Crippen LogP contribution in [0.2, 0.25) is 0 Å². The highest BCUT2D eigenvalue weighted by Crippen LogP contribution is 2.12. The second-order valence-electron chi connectivity index (χ2n) is 5.70. The van der Waals surface area contributed by atoms with Gasteiger partial charge in [-0.2, -0.15) is 0 Å². The average Bonchev–Trinajstić information content (AvgIpc) is 2.50. The molecule has 0 saturated carbocycles. The second kappa shape index (κ2) is 14.1. The number of hydrogen-bond donors (Lipinski definition) is 1. The molecule has 0 aromatic heterocycles. The number of ether oxygens (including phenoxy) is 1. The number of methoxy groups -OCH3 is 1. The van der Waals surface area contributed by atoms with Crippen LogP contribution in [0.5, 0.6) is 0 Å². The average molecular weight is 300 g/mol. The number of carbonyl (C=O) groups is 2. The number of esters is 1. The molecule has 0 aromatic carbocycles. The Bertz CT molecular complexity index is 276. The van der Waals surface area contributed by atoms with E-state index in [0.717, 1.165) is 26.4 Å². The predicted octanol–water partition coefficient (Wildman–Crippen LogP) is 3.79. The molecule has 0 radical (unpaired) electrons. The summed E-state index contributed by atoms with van der Waals surface area (Å²) in [7, 11) is 1.15. The van der Waals surface area contributed by atoms with E-state index < -0.39 is 17.9 Å². The third kappa shape index (κ3) is 11.4. The lowest BCUT2D eigenvalue weighted by atomic mass is 10.0. The Labute approximate surface area is 129 Å². The quantitative estimate of drug-likeness (QED) is 0.301. The molecule has 4 heteroatoms. The van der Waals surface area contributed by atoms with Crippen LogP contribution in [0, 0.1) is 0 Å². The molecule has 0 saturated heterocycles. The van der Waals surface area contributed by atoms with Gasteiger partial charge >= 0.3 is 5.97 Å². The van der Waals surface area contributed by atoms with Gasteiger partial charge in [-0.3, -0.25) is 4.79 Å². The van der Waals surface area contributed by atoms with Gasteiger partial charge in [0.05, 0.1) is 7.11 Å². The number of Topliss-reactive ketones (excluding diaryl/α,β-unsaturated/α-hetero) is 1. The molecule has 0 bridgehead atoms. The lowest BCUT2D eigenvalue weighted by Crippen LogP contribution is -2.29. The molecule has 1 unspecified atom stereocenters. The highest BCUT2D eigenvalue weighted by Gasteiger charge is 2.22. The maximum atomic E-state index is 11.3. The molecule has 21 heavy (non-hydrogen) atoms. The van der Waals surface area contributed by atoms with Crippen LogP contribution in [0.3, 0.4) is 0 Å². The maximum absolute atomic E-state index is 11.3. The Kier molecular flexibility index (Phi) is 13.5. The van der Waals surface area contributed by atoms with E-state index in [1.165, 1.54) is 51.4 Å². The van der Waals surface area contributed by atoms with E-state index >= 15 is 0 Å². The zero-order valence-corrected chi connectivity index (χ0v) is 13.7. The van der Waals surface area contributed by atoms with Crippen LogP contribution in [0.4, 0.5) is 0 Å². The first-order chi connectivity index (χ1) is 10.1. The highest BCUT2D eigenvalue weighted by molar-refractivity contribution is 6.35. The molecule has 0 heterocycles. The Morgan fingerprint density at radius 2 is 1.29 bits per heavy atom. The van der Waals surface area contributed by atoms with Gasteiger partial charge in [-0.15, -0.1) is 0 Å². The van der Waals surface area contributed by atoms with Gasteiger partial charge < -0.3 is 9.84 Å². The molecule has 1 N–H and O–H groups in total. The van der Waals surface area contributed by atoms with Crippen LogP contribution in [-0.4, -0.2) is 30.1 Å². The smallest absolute Gasteiger partial charge is 0.377 e. The van der Waals surface area contributed by atoms with Crippen molar-refractivity contribution in [1.29, 1.82) is 0 Å². The summed E-state index contributed by atoms with van der Waals surface area (Å²) >= 11 is 0. The van der Waals surface area contributed by atoms with E-state index in [1.54, 1.807) is 0 Å². The first-order valence-electron chi connectivity index (χ1n) is 8.43. The summed E-state index contributed by atoms with van der Waals surface area (Å²) in [5.74, 6) is -1.78. The van der Waals surface area contributed by atoms with Crippen molar-refractivity contribution in [2.75, 3.05) is 7.11 Å². The minimum absolute atomic E-state index is 0.352. The highest BCUT2D eigenvalue weighted by atomic mass is 16.5. The van der Waals surface area contributed by atoms with Crippen LogP contribution in [-0.2, 0) is 14.3 Å². The van der Waals surface area contributed by atoms with Crippen molar-refractivity contribution < 1.29 is 19.4 Å². The zero-order chi connectivity index (χ0) is 15.9. The van der Waals surface area contributed by atoms with E-state index in [4.69, 9.17) is 0 Å². The summed E-state index contributed by atoms with van der Waals surface area (Å²) in [5.41, 5.74) is 0. The minimum atomic E-state index is -1.20. The van der Waals surface area contributed by atoms with Crippen molar-refractivity contribution in [2.24, 2.45) is 0 Å². The molecule has 1 atom stereocenters. The van der Waals surface area contributed by atoms with E-state index in [-0.39, 0.29) is 0 Å². The topological polar surface area (TPSA) is 63.6 Å². The fourth-order valence-corrected chi connectivity index (χ4v) is 2.37. The van der Waals surface area contributed by atoms with Crippen molar-refractivity contribution in [1.82, 2.24) is 0 Å². The molecule has 0 aromatic rings. The van der Waals surface area contributed by atoms with Crippen LogP contribution in [0.25, 0.3) is 0 Å². The largest absolute Gasteiger partial charge is 0.463 e. The van der Waals surface area contributed by atoms with Gasteiger partial charge in [0.15, 0.2) is 0 Å². The van der Waals surface area contributed by atoms with Gasteiger partial charge in [0, 0.05) is 0 Å². The Hall–Kier alpha value is -0.900. The van der Waals surface area contributed by atoms with Crippen molar-refractivity contribution in [3.8, 4) is 0 Å². The summed E-state index contributed by atoms with van der Waals surface area (Å²) in [4.78, 5) is 22.2. The van der Waals surface area contributed by atoms with Crippen molar-refractivity contribution in [3.05, 3.63) is 0 Å². The fraction of sp³-hybridized carbons (Fsp3) is 0.882. The van der Waals surface area contributed by atoms with Crippen molar-refractivity contribution in [2.45, 2.75) is 90.1 Å². The van der Waals surface area contributed by atoms with Gasteiger partial charge in [0.2, 0.25) is 0 Å². The van der Waals surface area contributed by atoms with Crippen LogP contribution >= 0.6 is 0 Å². The third-order valence-corrected chi connectivity index (χ3v) is 3.77. The predicted molar refractivity (Wildman–Crippen MR) is 84.1 cm³/mol. The van der Waals surface area contributed by atoms with Crippen molar-refractivity contribution in [3.63, 3.8) is 0 Å². The molecular weight excluding hydrogens is 268 g/mol. The molecule has 4 nitrogen and oxygen atoms in total.